The zero-order valence-corrected chi connectivity index (χ0v) is 12.9. The molecule has 3 aromatic rings. The van der Waals surface area contributed by atoms with E-state index in [4.69, 9.17) is 0 Å². The van der Waals surface area contributed by atoms with Crippen LogP contribution in [0.3, 0.4) is 0 Å². The number of halogens is 3. The number of para-hydroxylation sites is 1. The number of amides is 1. The Morgan fingerprint density at radius 2 is 1.88 bits per heavy atom. The Bertz CT molecular complexity index is 920. The summed E-state index contributed by atoms with van der Waals surface area (Å²) in [5, 5.41) is 13.4. The molecular weight excluding hydrogens is 335 g/mol. The lowest BCUT2D eigenvalue weighted by atomic mass is 10.1. The summed E-state index contributed by atoms with van der Waals surface area (Å²) in [5.41, 5.74) is -0.440. The normalized spacial score (nSPS) is 11.4. The summed E-state index contributed by atoms with van der Waals surface area (Å²) in [7, 11) is 1.64. The molecule has 0 aliphatic carbocycles. The highest BCUT2D eigenvalue weighted by Gasteiger charge is 2.33. The number of benzene rings is 2. The maximum atomic E-state index is 13.0. The minimum atomic E-state index is -4.56. The maximum Gasteiger partial charge on any atom is 0.418 e. The van der Waals surface area contributed by atoms with E-state index < -0.39 is 17.6 Å². The van der Waals surface area contributed by atoms with Crippen molar-refractivity contribution in [2.45, 2.75) is 6.18 Å². The number of rotatable bonds is 3. The molecule has 3 rings (SSSR count). The van der Waals surface area contributed by atoms with Crippen LogP contribution in [0.1, 0.15) is 15.9 Å². The van der Waals surface area contributed by atoms with Gasteiger partial charge in [0.25, 0.3) is 5.91 Å². The summed E-state index contributed by atoms with van der Waals surface area (Å²) in [6.07, 6.45) is -4.56. The maximum absolute atomic E-state index is 13.0. The number of tetrazole rings is 1. The number of nitrogens with one attached hydrogen (secondary N) is 1. The van der Waals surface area contributed by atoms with E-state index in [2.05, 4.69) is 20.8 Å². The molecule has 1 aromatic heterocycles. The van der Waals surface area contributed by atoms with Crippen LogP contribution in [-0.2, 0) is 13.2 Å². The predicted octanol–water partition coefficient (Wildman–Crippen LogP) is 3.15. The van der Waals surface area contributed by atoms with Crippen molar-refractivity contribution >= 4 is 11.6 Å². The van der Waals surface area contributed by atoms with Crippen molar-refractivity contribution in [3.8, 4) is 11.4 Å². The molecule has 0 saturated carbocycles. The molecule has 0 saturated heterocycles. The molecule has 128 valence electrons. The van der Waals surface area contributed by atoms with Crippen molar-refractivity contribution in [3.05, 3.63) is 59.7 Å². The minimum absolute atomic E-state index is 0.192. The Morgan fingerprint density at radius 3 is 2.56 bits per heavy atom. The second-order valence-electron chi connectivity index (χ2n) is 5.20. The highest BCUT2D eigenvalue weighted by atomic mass is 19.4. The van der Waals surface area contributed by atoms with Gasteiger partial charge in [0, 0.05) is 18.2 Å². The predicted molar refractivity (Wildman–Crippen MR) is 83.6 cm³/mol. The van der Waals surface area contributed by atoms with Crippen LogP contribution in [0.25, 0.3) is 11.4 Å². The van der Waals surface area contributed by atoms with Crippen LogP contribution in [0.4, 0.5) is 18.9 Å². The summed E-state index contributed by atoms with van der Waals surface area (Å²) in [6.45, 7) is 0. The molecule has 25 heavy (non-hydrogen) atoms. The van der Waals surface area contributed by atoms with Gasteiger partial charge in [-0.25, -0.2) is 4.68 Å². The molecule has 0 spiro atoms. The summed E-state index contributed by atoms with van der Waals surface area (Å²) < 4.78 is 40.5. The van der Waals surface area contributed by atoms with Gasteiger partial charge in [-0.15, -0.1) is 5.10 Å². The van der Waals surface area contributed by atoms with Crippen LogP contribution in [0.2, 0.25) is 0 Å². The Hall–Kier alpha value is -3.23. The topological polar surface area (TPSA) is 72.7 Å². The van der Waals surface area contributed by atoms with Crippen molar-refractivity contribution in [1.29, 1.82) is 0 Å². The van der Waals surface area contributed by atoms with Crippen LogP contribution in [0, 0.1) is 0 Å². The summed E-state index contributed by atoms with van der Waals surface area (Å²) in [6, 6.07) is 11.1. The SMILES string of the molecule is Cn1nnnc1-c1cccc(C(=O)Nc2ccccc2C(F)(F)F)c1. The third-order valence-electron chi connectivity index (χ3n) is 3.48. The van der Waals surface area contributed by atoms with E-state index in [0.29, 0.717) is 11.4 Å². The molecule has 1 N–H and O–H groups in total. The molecule has 0 fully saturated rings. The van der Waals surface area contributed by atoms with E-state index in [1.165, 1.54) is 35.0 Å². The van der Waals surface area contributed by atoms with E-state index in [0.717, 1.165) is 6.07 Å². The van der Waals surface area contributed by atoms with Gasteiger partial charge in [0.2, 0.25) is 0 Å². The lowest BCUT2D eigenvalue weighted by Gasteiger charge is -2.13. The first kappa shape index (κ1) is 16.6. The zero-order valence-electron chi connectivity index (χ0n) is 12.9. The van der Waals surface area contributed by atoms with Crippen LogP contribution < -0.4 is 5.32 Å². The zero-order chi connectivity index (χ0) is 18.0. The first-order chi connectivity index (χ1) is 11.9. The lowest BCUT2D eigenvalue weighted by molar-refractivity contribution is -0.136. The largest absolute Gasteiger partial charge is 0.418 e. The van der Waals surface area contributed by atoms with Crippen molar-refractivity contribution in [2.75, 3.05) is 5.32 Å². The molecular formula is C16H12F3N5O. The molecule has 6 nitrogen and oxygen atoms in total. The molecule has 0 unspecified atom stereocenters. The van der Waals surface area contributed by atoms with Crippen molar-refractivity contribution in [2.24, 2.45) is 7.05 Å². The van der Waals surface area contributed by atoms with Gasteiger partial charge in [-0.3, -0.25) is 4.79 Å². The standard InChI is InChI=1S/C16H12F3N5O/c1-24-14(21-22-23-24)10-5-4-6-11(9-10)15(25)20-13-8-3-2-7-12(13)16(17,18)19/h2-9H,1H3,(H,20,25). The highest BCUT2D eigenvalue weighted by molar-refractivity contribution is 6.05. The fourth-order valence-electron chi connectivity index (χ4n) is 2.31. The molecule has 1 heterocycles. The fourth-order valence-corrected chi connectivity index (χ4v) is 2.31. The molecule has 1 amide bonds. The average molecular weight is 347 g/mol. The number of carbonyl (C=O) groups is 1. The third-order valence-corrected chi connectivity index (χ3v) is 3.48. The molecule has 0 bridgehead atoms. The molecule has 0 aliphatic heterocycles. The van der Waals surface area contributed by atoms with Crippen molar-refractivity contribution in [1.82, 2.24) is 20.2 Å². The van der Waals surface area contributed by atoms with Gasteiger partial charge in [-0.05, 0) is 34.7 Å². The number of carbonyl (C=O) groups excluding carboxylic acids is 1. The molecule has 0 atom stereocenters. The first-order valence-electron chi connectivity index (χ1n) is 7.16. The molecule has 2 aromatic carbocycles. The van der Waals surface area contributed by atoms with Crippen LogP contribution in [0.15, 0.2) is 48.5 Å². The smallest absolute Gasteiger partial charge is 0.321 e. The second kappa shape index (κ2) is 6.34. The van der Waals surface area contributed by atoms with Crippen molar-refractivity contribution < 1.29 is 18.0 Å². The van der Waals surface area contributed by atoms with E-state index in [-0.39, 0.29) is 11.3 Å². The van der Waals surface area contributed by atoms with E-state index in [9.17, 15) is 18.0 Å². The number of alkyl halides is 3. The Morgan fingerprint density at radius 1 is 1.12 bits per heavy atom. The number of aryl methyl sites for hydroxylation is 1. The van der Waals surface area contributed by atoms with Gasteiger partial charge in [0.15, 0.2) is 5.82 Å². The van der Waals surface area contributed by atoms with E-state index in [1.807, 2.05) is 0 Å². The monoisotopic (exact) mass is 347 g/mol. The average Bonchev–Trinajstić information content (AvgIpc) is 3.00. The van der Waals surface area contributed by atoms with Gasteiger partial charge in [0.05, 0.1) is 11.3 Å². The quantitative estimate of drug-likeness (QED) is 0.790. The molecule has 0 aliphatic rings. The van der Waals surface area contributed by atoms with E-state index >= 15 is 0 Å². The van der Waals surface area contributed by atoms with Crippen LogP contribution in [0.5, 0.6) is 0 Å². The minimum Gasteiger partial charge on any atom is -0.321 e. The number of hydrogen-bond donors (Lipinski definition) is 1. The van der Waals surface area contributed by atoms with Gasteiger partial charge < -0.3 is 5.32 Å². The molecule has 0 radical (unpaired) electrons. The number of nitrogens with zero attached hydrogens (tertiary/aromatic N) is 4. The number of aromatic nitrogens is 4. The second-order valence-corrected chi connectivity index (χ2v) is 5.20. The summed E-state index contributed by atoms with van der Waals surface area (Å²) in [4.78, 5) is 12.4. The van der Waals surface area contributed by atoms with Gasteiger partial charge in [-0.1, -0.05) is 24.3 Å². The third kappa shape index (κ3) is 3.49. The molecule has 9 heteroatoms. The van der Waals surface area contributed by atoms with Crippen LogP contribution in [-0.4, -0.2) is 26.1 Å². The Kier molecular flexibility index (Phi) is 4.22. The van der Waals surface area contributed by atoms with Gasteiger partial charge in [-0.2, -0.15) is 13.2 Å². The first-order valence-corrected chi connectivity index (χ1v) is 7.16. The summed E-state index contributed by atoms with van der Waals surface area (Å²) in [5.74, 6) is -0.223. The van der Waals surface area contributed by atoms with E-state index in [1.54, 1.807) is 19.2 Å². The Balaban J connectivity index is 1.90. The Labute approximate surface area is 140 Å². The van der Waals surface area contributed by atoms with Gasteiger partial charge in [0.1, 0.15) is 0 Å². The van der Waals surface area contributed by atoms with Crippen LogP contribution >= 0.6 is 0 Å². The van der Waals surface area contributed by atoms with Crippen molar-refractivity contribution in [3.63, 3.8) is 0 Å². The fraction of sp³-hybridized carbons (Fsp3) is 0.125. The summed E-state index contributed by atoms with van der Waals surface area (Å²) >= 11 is 0. The van der Waals surface area contributed by atoms with Gasteiger partial charge >= 0.3 is 6.18 Å². The highest BCUT2D eigenvalue weighted by Crippen LogP contribution is 2.34. The number of hydrogen-bond acceptors (Lipinski definition) is 4. The number of anilines is 1. The lowest BCUT2D eigenvalue weighted by Crippen LogP contribution is -2.16.